The van der Waals surface area contributed by atoms with Crippen molar-refractivity contribution in [2.45, 2.75) is 6.43 Å². The molecule has 0 aliphatic rings. The zero-order valence-corrected chi connectivity index (χ0v) is 7.58. The molecule has 1 aromatic heterocycles. The summed E-state index contributed by atoms with van der Waals surface area (Å²) in [5, 5.41) is 8.60. The minimum Gasteiger partial charge on any atom is -0.482 e. The quantitative estimate of drug-likeness (QED) is 0.795. The number of nitrogens with one attached hydrogen (secondary N) is 1. The molecule has 0 aliphatic heterocycles. The van der Waals surface area contributed by atoms with Gasteiger partial charge in [0.2, 0.25) is 0 Å². The number of pyridine rings is 1. The van der Waals surface area contributed by atoms with Crippen molar-refractivity contribution in [2.24, 2.45) is 0 Å². The van der Waals surface area contributed by atoms with Crippen LogP contribution in [0, 0.1) is 0 Å². The van der Waals surface area contributed by atoms with Crippen LogP contribution in [0.15, 0.2) is 10.9 Å². The van der Waals surface area contributed by atoms with E-state index in [1.165, 1.54) is 7.11 Å². The van der Waals surface area contributed by atoms with E-state index in [1.54, 1.807) is 0 Å². The van der Waals surface area contributed by atoms with Gasteiger partial charge in [0.05, 0.1) is 12.7 Å². The number of halogens is 2. The van der Waals surface area contributed by atoms with E-state index in [0.29, 0.717) is 0 Å². The van der Waals surface area contributed by atoms with Crippen molar-refractivity contribution in [2.75, 3.05) is 7.11 Å². The van der Waals surface area contributed by atoms with Crippen LogP contribution >= 0.6 is 0 Å². The molecule has 1 aromatic rings. The average Bonchev–Trinajstić information content (AvgIpc) is 2.15. The monoisotopic (exact) mass is 219 g/mol. The van der Waals surface area contributed by atoms with E-state index in [1.807, 2.05) is 0 Å². The number of rotatable bonds is 3. The van der Waals surface area contributed by atoms with Crippen LogP contribution in [-0.4, -0.2) is 23.2 Å². The van der Waals surface area contributed by atoms with Gasteiger partial charge in [0.1, 0.15) is 5.69 Å². The molecule has 0 atom stereocenters. The fourth-order valence-electron chi connectivity index (χ4n) is 1.04. The maximum Gasteiger partial charge on any atom is 0.353 e. The van der Waals surface area contributed by atoms with Crippen LogP contribution in [0.2, 0.25) is 0 Å². The van der Waals surface area contributed by atoms with Crippen LogP contribution in [0.4, 0.5) is 8.78 Å². The zero-order chi connectivity index (χ0) is 11.6. The number of ether oxygens (including phenoxy) is 1. The Morgan fingerprint density at radius 2 is 2.20 bits per heavy atom. The molecule has 0 spiro atoms. The third-order valence-corrected chi connectivity index (χ3v) is 1.70. The van der Waals surface area contributed by atoms with Crippen molar-refractivity contribution in [3.8, 4) is 5.88 Å². The van der Waals surface area contributed by atoms with Crippen molar-refractivity contribution in [3.63, 3.8) is 0 Å². The van der Waals surface area contributed by atoms with Gasteiger partial charge >= 0.3 is 5.97 Å². The van der Waals surface area contributed by atoms with Gasteiger partial charge in [-0.3, -0.25) is 4.79 Å². The molecule has 7 heteroatoms. The Bertz CT molecular complexity index is 441. The molecule has 0 bridgehead atoms. The van der Waals surface area contributed by atoms with Gasteiger partial charge in [0.25, 0.3) is 6.43 Å². The molecule has 1 rings (SSSR count). The Morgan fingerprint density at radius 3 is 2.60 bits per heavy atom. The largest absolute Gasteiger partial charge is 0.482 e. The van der Waals surface area contributed by atoms with E-state index >= 15 is 0 Å². The lowest BCUT2D eigenvalue weighted by molar-refractivity contribution is 0.0675. The van der Waals surface area contributed by atoms with Gasteiger partial charge in [0, 0.05) is 6.07 Å². The van der Waals surface area contributed by atoms with E-state index in [9.17, 15) is 18.4 Å². The second-order valence-electron chi connectivity index (χ2n) is 2.60. The van der Waals surface area contributed by atoms with E-state index < -0.39 is 29.1 Å². The third kappa shape index (κ3) is 2.12. The Labute approximate surface area is 82.3 Å². The highest BCUT2D eigenvalue weighted by Crippen LogP contribution is 2.19. The van der Waals surface area contributed by atoms with Gasteiger partial charge in [-0.15, -0.1) is 0 Å². The summed E-state index contributed by atoms with van der Waals surface area (Å²) in [6.07, 6.45) is -3.15. The fraction of sp³-hybridized carbons (Fsp3) is 0.250. The second kappa shape index (κ2) is 4.07. The highest BCUT2D eigenvalue weighted by molar-refractivity contribution is 5.87. The summed E-state index contributed by atoms with van der Waals surface area (Å²) in [5.74, 6) is -1.82. The van der Waals surface area contributed by atoms with Crippen LogP contribution in [0.3, 0.4) is 0 Å². The number of aromatic nitrogens is 1. The maximum atomic E-state index is 12.4. The molecular weight excluding hydrogens is 212 g/mol. The lowest BCUT2D eigenvalue weighted by Gasteiger charge is -2.06. The minimum atomic E-state index is -3.15. The first kappa shape index (κ1) is 11.2. The number of carbonyl (C=O) groups is 1. The van der Waals surface area contributed by atoms with Crippen molar-refractivity contribution in [1.82, 2.24) is 4.98 Å². The molecule has 0 aromatic carbocycles. The van der Waals surface area contributed by atoms with Gasteiger partial charge in [-0.1, -0.05) is 0 Å². The Kier molecular flexibility index (Phi) is 3.03. The number of H-pyrrole nitrogens is 1. The lowest BCUT2D eigenvalue weighted by atomic mass is 10.2. The van der Waals surface area contributed by atoms with E-state index in [0.717, 1.165) is 6.07 Å². The van der Waals surface area contributed by atoms with Gasteiger partial charge in [0.15, 0.2) is 11.3 Å². The molecule has 0 amide bonds. The van der Waals surface area contributed by atoms with Crippen LogP contribution in [0.1, 0.15) is 22.5 Å². The van der Waals surface area contributed by atoms with Gasteiger partial charge in [-0.05, 0) is 0 Å². The van der Waals surface area contributed by atoms with Crippen LogP contribution < -0.4 is 10.2 Å². The summed E-state index contributed by atoms with van der Waals surface area (Å²) >= 11 is 0. The van der Waals surface area contributed by atoms with E-state index in [-0.39, 0.29) is 5.88 Å². The molecule has 15 heavy (non-hydrogen) atoms. The second-order valence-corrected chi connectivity index (χ2v) is 2.60. The SMILES string of the molecule is COc1cc(=O)c(C(F)F)c(C(=O)O)[nH]1. The summed E-state index contributed by atoms with van der Waals surface area (Å²) < 4.78 is 29.3. The first-order chi connectivity index (χ1) is 6.97. The molecule has 0 aliphatic carbocycles. The zero-order valence-electron chi connectivity index (χ0n) is 7.58. The first-order valence-corrected chi connectivity index (χ1v) is 3.80. The number of hydrogen-bond donors (Lipinski definition) is 2. The van der Waals surface area contributed by atoms with Crippen molar-refractivity contribution < 1.29 is 23.4 Å². The fourth-order valence-corrected chi connectivity index (χ4v) is 1.04. The molecule has 0 fully saturated rings. The van der Waals surface area contributed by atoms with Crippen molar-refractivity contribution in [1.29, 1.82) is 0 Å². The van der Waals surface area contributed by atoms with Gasteiger partial charge in [-0.2, -0.15) is 0 Å². The molecule has 82 valence electrons. The van der Waals surface area contributed by atoms with Crippen LogP contribution in [-0.2, 0) is 0 Å². The predicted molar refractivity (Wildman–Crippen MR) is 45.5 cm³/mol. The van der Waals surface area contributed by atoms with Gasteiger partial charge < -0.3 is 14.8 Å². The summed E-state index contributed by atoms with van der Waals surface area (Å²) in [6, 6.07) is 0.772. The highest BCUT2D eigenvalue weighted by Gasteiger charge is 2.23. The standard InChI is InChI=1S/C8H7F2NO4/c1-15-4-2-3(12)5(7(9)10)6(11-4)8(13)14/h2,7H,1H3,(H,11,12)(H,13,14). The van der Waals surface area contributed by atoms with Gasteiger partial charge in [-0.25, -0.2) is 13.6 Å². The number of methoxy groups -OCH3 is 1. The number of aromatic carboxylic acids is 1. The Hall–Kier alpha value is -1.92. The highest BCUT2D eigenvalue weighted by atomic mass is 19.3. The number of carboxylic acid groups (broad SMARTS) is 1. The van der Waals surface area contributed by atoms with Crippen LogP contribution in [0.25, 0.3) is 0 Å². The average molecular weight is 219 g/mol. The summed E-state index contributed by atoms with van der Waals surface area (Å²) in [5.41, 5.74) is -2.99. The molecule has 0 saturated heterocycles. The van der Waals surface area contributed by atoms with Crippen molar-refractivity contribution in [3.05, 3.63) is 27.5 Å². The maximum absolute atomic E-state index is 12.4. The summed E-state index contributed by atoms with van der Waals surface area (Å²) in [6.45, 7) is 0. The summed E-state index contributed by atoms with van der Waals surface area (Å²) in [4.78, 5) is 23.8. The van der Waals surface area contributed by atoms with E-state index in [4.69, 9.17) is 5.11 Å². The Morgan fingerprint density at radius 1 is 1.60 bits per heavy atom. The molecule has 1 heterocycles. The molecule has 0 saturated carbocycles. The number of alkyl halides is 2. The number of hydrogen-bond acceptors (Lipinski definition) is 3. The lowest BCUT2D eigenvalue weighted by Crippen LogP contribution is -2.18. The molecular formula is C8H7F2NO4. The predicted octanol–water partition coefficient (Wildman–Crippen LogP) is 1.02. The first-order valence-electron chi connectivity index (χ1n) is 3.80. The Balaban J connectivity index is 3.50. The third-order valence-electron chi connectivity index (χ3n) is 1.70. The molecule has 0 radical (unpaired) electrons. The molecule has 0 unspecified atom stereocenters. The number of aromatic amines is 1. The number of carboxylic acids is 1. The van der Waals surface area contributed by atoms with Crippen LogP contribution in [0.5, 0.6) is 5.88 Å². The molecule has 2 N–H and O–H groups in total. The minimum absolute atomic E-state index is 0.179. The van der Waals surface area contributed by atoms with Crippen molar-refractivity contribution >= 4 is 5.97 Å². The molecule has 5 nitrogen and oxygen atoms in total. The smallest absolute Gasteiger partial charge is 0.353 e. The summed E-state index contributed by atoms with van der Waals surface area (Å²) in [7, 11) is 1.18. The topological polar surface area (TPSA) is 79.4 Å². The normalized spacial score (nSPS) is 10.4. The van der Waals surface area contributed by atoms with E-state index in [2.05, 4.69) is 9.72 Å².